The maximum absolute atomic E-state index is 11.4. The summed E-state index contributed by atoms with van der Waals surface area (Å²) in [5.74, 6) is -1.13. The van der Waals surface area contributed by atoms with Crippen molar-refractivity contribution < 1.29 is 9.59 Å². The Labute approximate surface area is 158 Å². The number of nitrogens with one attached hydrogen (secondary N) is 4. The van der Waals surface area contributed by atoms with E-state index < -0.39 is 9.70 Å². The SMILES string of the molecule is CC(=O)NC(=S)Nc1ccc(NC(=S)NC(=O)C(Cl)(Cl)Cl)cc1. The number of thiocarbonyl (C=S) groups is 2. The number of alkyl halides is 3. The van der Waals surface area contributed by atoms with Crippen LogP contribution < -0.4 is 21.3 Å². The molecule has 0 aromatic heterocycles. The minimum absolute atomic E-state index is 0.0178. The Morgan fingerprint density at radius 1 is 0.913 bits per heavy atom. The lowest BCUT2D eigenvalue weighted by molar-refractivity contribution is -0.119. The van der Waals surface area contributed by atoms with Gasteiger partial charge in [-0.15, -0.1) is 0 Å². The first kappa shape index (κ1) is 19.9. The molecule has 0 aliphatic heterocycles. The Morgan fingerprint density at radius 2 is 1.30 bits per heavy atom. The highest BCUT2D eigenvalue weighted by Crippen LogP contribution is 2.25. The number of amides is 2. The lowest BCUT2D eigenvalue weighted by Gasteiger charge is -2.14. The molecule has 2 amide bonds. The van der Waals surface area contributed by atoms with E-state index in [1.165, 1.54) is 6.92 Å². The minimum Gasteiger partial charge on any atom is -0.332 e. The molecular formula is C12H11Cl3N4O2S2. The molecule has 0 saturated carbocycles. The molecule has 0 unspecified atom stereocenters. The number of benzene rings is 1. The molecule has 23 heavy (non-hydrogen) atoms. The molecule has 0 aliphatic carbocycles. The van der Waals surface area contributed by atoms with E-state index in [1.54, 1.807) is 24.3 Å². The summed E-state index contributed by atoms with van der Waals surface area (Å²) in [6.07, 6.45) is 0. The van der Waals surface area contributed by atoms with E-state index in [4.69, 9.17) is 59.2 Å². The first-order valence-electron chi connectivity index (χ1n) is 5.95. The summed E-state index contributed by atoms with van der Waals surface area (Å²) in [4.78, 5) is 22.3. The molecule has 0 atom stereocenters. The molecule has 1 rings (SSSR count). The zero-order valence-electron chi connectivity index (χ0n) is 11.6. The number of hydrogen-bond donors (Lipinski definition) is 4. The Hall–Kier alpha value is -1.19. The van der Waals surface area contributed by atoms with Crippen molar-refractivity contribution in [1.29, 1.82) is 0 Å². The van der Waals surface area contributed by atoms with Crippen LogP contribution in [0.3, 0.4) is 0 Å². The number of anilines is 2. The van der Waals surface area contributed by atoms with E-state index in [0.717, 1.165) is 0 Å². The second-order valence-electron chi connectivity index (χ2n) is 4.12. The van der Waals surface area contributed by atoms with Crippen LogP contribution in [0.1, 0.15) is 6.92 Å². The van der Waals surface area contributed by atoms with E-state index >= 15 is 0 Å². The summed E-state index contributed by atoms with van der Waals surface area (Å²) in [5.41, 5.74) is 1.25. The summed E-state index contributed by atoms with van der Waals surface area (Å²) in [5, 5.41) is 10.4. The molecule has 1 aromatic carbocycles. The van der Waals surface area contributed by atoms with Crippen LogP contribution in [0.2, 0.25) is 0 Å². The highest BCUT2D eigenvalue weighted by Gasteiger charge is 2.31. The number of carbonyl (C=O) groups excluding carboxylic acids is 2. The lowest BCUT2D eigenvalue weighted by atomic mass is 10.3. The minimum atomic E-state index is -2.10. The van der Waals surface area contributed by atoms with Crippen LogP contribution in [0.5, 0.6) is 0 Å². The second kappa shape index (κ2) is 8.60. The van der Waals surface area contributed by atoms with Crippen LogP contribution in [-0.2, 0) is 9.59 Å². The van der Waals surface area contributed by atoms with Crippen molar-refractivity contribution in [2.45, 2.75) is 10.7 Å². The molecule has 0 spiro atoms. The summed E-state index contributed by atoms with van der Waals surface area (Å²) in [6.45, 7) is 1.35. The summed E-state index contributed by atoms with van der Waals surface area (Å²) < 4.78 is -2.10. The molecule has 1 aromatic rings. The summed E-state index contributed by atoms with van der Waals surface area (Å²) >= 11 is 26.1. The number of rotatable bonds is 2. The quantitative estimate of drug-likeness (QED) is 0.441. The van der Waals surface area contributed by atoms with E-state index in [2.05, 4.69) is 21.3 Å². The van der Waals surface area contributed by atoms with Crippen LogP contribution in [0, 0.1) is 0 Å². The Morgan fingerprint density at radius 3 is 1.65 bits per heavy atom. The van der Waals surface area contributed by atoms with E-state index in [9.17, 15) is 9.59 Å². The molecule has 0 heterocycles. The van der Waals surface area contributed by atoms with Gasteiger partial charge in [0.25, 0.3) is 9.70 Å². The van der Waals surface area contributed by atoms with Crippen LogP contribution >= 0.6 is 59.2 Å². The fraction of sp³-hybridized carbons (Fsp3) is 0.167. The monoisotopic (exact) mass is 412 g/mol. The highest BCUT2D eigenvalue weighted by molar-refractivity contribution is 7.80. The molecule has 0 saturated heterocycles. The van der Waals surface area contributed by atoms with E-state index in [0.29, 0.717) is 11.4 Å². The topological polar surface area (TPSA) is 82.3 Å². The standard InChI is InChI=1S/C12H11Cl3N4O2S2/c1-6(20)16-10(22)17-7-2-4-8(5-3-7)18-11(23)19-9(21)12(13,14)15/h2-5H,1H3,(H2,16,17,20,22)(H2,18,19,21,23). The highest BCUT2D eigenvalue weighted by atomic mass is 35.6. The smallest absolute Gasteiger partial charge is 0.278 e. The fourth-order valence-corrected chi connectivity index (χ4v) is 1.91. The van der Waals surface area contributed by atoms with Gasteiger partial charge in [0.15, 0.2) is 10.2 Å². The van der Waals surface area contributed by atoms with Gasteiger partial charge in [-0.25, -0.2) is 0 Å². The third kappa shape index (κ3) is 7.76. The third-order valence-electron chi connectivity index (χ3n) is 2.17. The average Bonchev–Trinajstić information content (AvgIpc) is 2.38. The van der Waals surface area contributed by atoms with Crippen LogP contribution in [0.4, 0.5) is 11.4 Å². The normalized spacial score (nSPS) is 10.4. The van der Waals surface area contributed by atoms with Gasteiger partial charge in [0.05, 0.1) is 0 Å². The van der Waals surface area contributed by atoms with Crippen LogP contribution in [0.15, 0.2) is 24.3 Å². The zero-order valence-corrected chi connectivity index (χ0v) is 15.5. The van der Waals surface area contributed by atoms with Gasteiger partial charge in [0, 0.05) is 18.3 Å². The van der Waals surface area contributed by atoms with Gasteiger partial charge in [-0.3, -0.25) is 14.9 Å². The molecule has 0 aliphatic rings. The molecule has 124 valence electrons. The van der Waals surface area contributed by atoms with Crippen LogP contribution in [0.25, 0.3) is 0 Å². The van der Waals surface area contributed by atoms with Crippen LogP contribution in [-0.4, -0.2) is 25.8 Å². The molecule has 0 bridgehead atoms. The molecular weight excluding hydrogens is 403 g/mol. The van der Waals surface area contributed by atoms with Gasteiger partial charge in [0.1, 0.15) is 0 Å². The molecule has 11 heteroatoms. The van der Waals surface area contributed by atoms with Gasteiger partial charge >= 0.3 is 0 Å². The fourth-order valence-electron chi connectivity index (χ4n) is 1.30. The lowest BCUT2D eigenvalue weighted by Crippen LogP contribution is -2.41. The maximum Gasteiger partial charge on any atom is 0.278 e. The Bertz CT molecular complexity index is 632. The van der Waals surface area contributed by atoms with Crippen molar-refractivity contribution >= 4 is 92.7 Å². The summed E-state index contributed by atoms with van der Waals surface area (Å²) in [6, 6.07) is 6.73. The number of halogens is 3. The Balaban J connectivity index is 2.57. The van der Waals surface area contributed by atoms with E-state index in [-0.39, 0.29) is 16.1 Å². The van der Waals surface area contributed by atoms with Crippen molar-refractivity contribution in [3.8, 4) is 0 Å². The van der Waals surface area contributed by atoms with Gasteiger partial charge in [0.2, 0.25) is 5.91 Å². The van der Waals surface area contributed by atoms with Crippen molar-refractivity contribution in [2.24, 2.45) is 0 Å². The second-order valence-corrected chi connectivity index (χ2v) is 7.22. The average molecular weight is 414 g/mol. The van der Waals surface area contributed by atoms with Gasteiger partial charge < -0.3 is 16.0 Å². The van der Waals surface area contributed by atoms with Crippen molar-refractivity contribution in [3.63, 3.8) is 0 Å². The van der Waals surface area contributed by atoms with Crippen molar-refractivity contribution in [3.05, 3.63) is 24.3 Å². The maximum atomic E-state index is 11.4. The van der Waals surface area contributed by atoms with Crippen molar-refractivity contribution in [1.82, 2.24) is 10.6 Å². The van der Waals surface area contributed by atoms with Crippen molar-refractivity contribution in [2.75, 3.05) is 10.6 Å². The first-order valence-corrected chi connectivity index (χ1v) is 7.91. The predicted octanol–water partition coefficient (Wildman–Crippen LogP) is 2.70. The number of hydrogen-bond acceptors (Lipinski definition) is 4. The summed E-state index contributed by atoms with van der Waals surface area (Å²) in [7, 11) is 0. The van der Waals surface area contributed by atoms with Gasteiger partial charge in [-0.05, 0) is 48.7 Å². The molecule has 0 radical (unpaired) electrons. The Kier molecular flexibility index (Phi) is 7.43. The largest absolute Gasteiger partial charge is 0.332 e. The molecule has 6 nitrogen and oxygen atoms in total. The predicted molar refractivity (Wildman–Crippen MR) is 101 cm³/mol. The number of carbonyl (C=O) groups is 2. The first-order chi connectivity index (χ1) is 10.6. The van der Waals surface area contributed by atoms with Gasteiger partial charge in [-0.2, -0.15) is 0 Å². The van der Waals surface area contributed by atoms with Gasteiger partial charge in [-0.1, -0.05) is 34.8 Å². The zero-order chi connectivity index (χ0) is 17.6. The van der Waals surface area contributed by atoms with E-state index in [1.807, 2.05) is 0 Å². The third-order valence-corrected chi connectivity index (χ3v) is 3.10. The molecule has 4 N–H and O–H groups in total. The molecule has 0 fully saturated rings.